The van der Waals surface area contributed by atoms with Gasteiger partial charge in [-0.2, -0.15) is 0 Å². The molecule has 6 nitrogen and oxygen atoms in total. The van der Waals surface area contributed by atoms with Crippen LogP contribution in [0.15, 0.2) is 67.0 Å². The number of carbonyl (C=O) groups is 1. The average Bonchev–Trinajstić information content (AvgIpc) is 2.79. The summed E-state index contributed by atoms with van der Waals surface area (Å²) < 4.78 is 0. The molecule has 1 amide bonds. The number of hydrogen-bond donors (Lipinski definition) is 1. The van der Waals surface area contributed by atoms with Crippen molar-refractivity contribution in [3.05, 3.63) is 72.6 Å². The second kappa shape index (κ2) is 8.61. The van der Waals surface area contributed by atoms with Crippen molar-refractivity contribution in [1.82, 2.24) is 20.5 Å². The van der Waals surface area contributed by atoms with Crippen molar-refractivity contribution in [2.75, 3.05) is 18.0 Å². The summed E-state index contributed by atoms with van der Waals surface area (Å²) in [6, 6.07) is 17.8. The Labute approximate surface area is 164 Å². The number of anilines is 1. The number of aromatic nitrogens is 3. The summed E-state index contributed by atoms with van der Waals surface area (Å²) in [5.74, 6) is 0.868. The number of piperidine rings is 1. The van der Waals surface area contributed by atoms with E-state index >= 15 is 0 Å². The molecule has 1 aliphatic heterocycles. The van der Waals surface area contributed by atoms with Crippen LogP contribution >= 0.6 is 0 Å². The number of pyridine rings is 1. The van der Waals surface area contributed by atoms with Crippen molar-refractivity contribution >= 4 is 11.7 Å². The fourth-order valence-electron chi connectivity index (χ4n) is 3.49. The number of rotatable bonds is 5. The van der Waals surface area contributed by atoms with Crippen molar-refractivity contribution in [3.8, 4) is 11.3 Å². The molecule has 0 saturated carbocycles. The van der Waals surface area contributed by atoms with Gasteiger partial charge in [0.2, 0.25) is 5.91 Å². The van der Waals surface area contributed by atoms with E-state index in [1.807, 2.05) is 54.6 Å². The Kier molecular flexibility index (Phi) is 5.56. The maximum absolute atomic E-state index is 12.6. The standard InChI is InChI=1S/C22H23N5O/c28-22(24-15-17-6-4-12-23-14-17)19-9-5-13-27(16-19)21-11-10-20(25-26-21)18-7-2-1-3-8-18/h1-4,6-8,10-12,14,19H,5,9,13,15-16H2,(H,24,28)/t19-/m1/s1. The molecule has 28 heavy (non-hydrogen) atoms. The van der Waals surface area contributed by atoms with Crippen LogP contribution in [0.3, 0.4) is 0 Å². The molecule has 1 fully saturated rings. The lowest BCUT2D eigenvalue weighted by molar-refractivity contribution is -0.125. The van der Waals surface area contributed by atoms with Gasteiger partial charge in [-0.25, -0.2) is 0 Å². The normalized spacial score (nSPS) is 16.6. The van der Waals surface area contributed by atoms with Gasteiger partial charge in [-0.3, -0.25) is 9.78 Å². The van der Waals surface area contributed by atoms with E-state index in [1.54, 1.807) is 12.4 Å². The first-order valence-corrected chi connectivity index (χ1v) is 9.60. The van der Waals surface area contributed by atoms with E-state index in [0.717, 1.165) is 42.0 Å². The Hall–Kier alpha value is -3.28. The summed E-state index contributed by atoms with van der Waals surface area (Å²) in [4.78, 5) is 18.8. The van der Waals surface area contributed by atoms with E-state index in [-0.39, 0.29) is 11.8 Å². The van der Waals surface area contributed by atoms with Crippen LogP contribution in [0.4, 0.5) is 5.82 Å². The molecule has 0 bridgehead atoms. The third kappa shape index (κ3) is 4.34. The molecule has 4 rings (SSSR count). The van der Waals surface area contributed by atoms with Crippen LogP contribution in [0.25, 0.3) is 11.3 Å². The molecule has 1 atom stereocenters. The van der Waals surface area contributed by atoms with Gasteiger partial charge < -0.3 is 10.2 Å². The monoisotopic (exact) mass is 373 g/mol. The van der Waals surface area contributed by atoms with Crippen molar-refractivity contribution in [3.63, 3.8) is 0 Å². The first-order valence-electron chi connectivity index (χ1n) is 9.60. The summed E-state index contributed by atoms with van der Waals surface area (Å²) in [7, 11) is 0. The van der Waals surface area contributed by atoms with Crippen LogP contribution in [-0.4, -0.2) is 34.2 Å². The van der Waals surface area contributed by atoms with Gasteiger partial charge in [0.15, 0.2) is 5.82 Å². The fourth-order valence-corrected chi connectivity index (χ4v) is 3.49. The smallest absolute Gasteiger partial charge is 0.225 e. The van der Waals surface area contributed by atoms with Gasteiger partial charge in [0.25, 0.3) is 0 Å². The predicted molar refractivity (Wildman–Crippen MR) is 108 cm³/mol. The highest BCUT2D eigenvalue weighted by atomic mass is 16.1. The van der Waals surface area contributed by atoms with Gasteiger partial charge in [0.1, 0.15) is 0 Å². The van der Waals surface area contributed by atoms with Gasteiger partial charge in [0, 0.05) is 37.6 Å². The van der Waals surface area contributed by atoms with Crippen LogP contribution in [0.5, 0.6) is 0 Å². The van der Waals surface area contributed by atoms with Crippen molar-refractivity contribution in [2.45, 2.75) is 19.4 Å². The highest BCUT2D eigenvalue weighted by molar-refractivity contribution is 5.79. The molecule has 142 valence electrons. The van der Waals surface area contributed by atoms with Crippen molar-refractivity contribution in [1.29, 1.82) is 0 Å². The van der Waals surface area contributed by atoms with Crippen LogP contribution in [0, 0.1) is 5.92 Å². The lowest BCUT2D eigenvalue weighted by atomic mass is 9.97. The quantitative estimate of drug-likeness (QED) is 0.744. The molecule has 2 aromatic heterocycles. The molecular formula is C22H23N5O. The Morgan fingerprint density at radius 3 is 2.71 bits per heavy atom. The zero-order chi connectivity index (χ0) is 19.2. The first-order chi connectivity index (χ1) is 13.8. The van der Waals surface area contributed by atoms with E-state index in [9.17, 15) is 4.79 Å². The molecule has 1 aromatic carbocycles. The summed E-state index contributed by atoms with van der Waals surface area (Å²) in [5.41, 5.74) is 2.91. The van der Waals surface area contributed by atoms with Gasteiger partial charge in [-0.05, 0) is 36.6 Å². The predicted octanol–water partition coefficient (Wildman–Crippen LogP) is 3.07. The lowest BCUT2D eigenvalue weighted by Crippen LogP contribution is -2.43. The Bertz CT molecular complexity index is 899. The molecule has 3 heterocycles. The van der Waals surface area contributed by atoms with E-state index < -0.39 is 0 Å². The second-order valence-corrected chi connectivity index (χ2v) is 7.01. The molecule has 1 N–H and O–H groups in total. The zero-order valence-corrected chi connectivity index (χ0v) is 15.7. The molecule has 3 aromatic rings. The van der Waals surface area contributed by atoms with Crippen LogP contribution < -0.4 is 10.2 Å². The maximum atomic E-state index is 12.6. The van der Waals surface area contributed by atoms with Crippen LogP contribution in [-0.2, 0) is 11.3 Å². The summed E-state index contributed by atoms with van der Waals surface area (Å²) in [6.07, 6.45) is 5.36. The van der Waals surface area contributed by atoms with E-state index in [4.69, 9.17) is 0 Å². The highest BCUT2D eigenvalue weighted by Crippen LogP contribution is 2.23. The Balaban J connectivity index is 1.37. The largest absolute Gasteiger partial charge is 0.354 e. The Morgan fingerprint density at radius 2 is 1.96 bits per heavy atom. The second-order valence-electron chi connectivity index (χ2n) is 7.01. The minimum atomic E-state index is -0.0407. The molecule has 1 aliphatic rings. The van der Waals surface area contributed by atoms with Gasteiger partial charge in [-0.1, -0.05) is 36.4 Å². The van der Waals surface area contributed by atoms with Crippen LogP contribution in [0.2, 0.25) is 0 Å². The summed E-state index contributed by atoms with van der Waals surface area (Å²) in [6.45, 7) is 2.07. The SMILES string of the molecule is O=C(NCc1cccnc1)[C@@H]1CCCN(c2ccc(-c3ccccc3)nn2)C1. The molecular weight excluding hydrogens is 350 g/mol. The van der Waals surface area contributed by atoms with Gasteiger partial charge in [0.05, 0.1) is 11.6 Å². The minimum Gasteiger partial charge on any atom is -0.354 e. The molecule has 0 radical (unpaired) electrons. The Morgan fingerprint density at radius 1 is 1.07 bits per heavy atom. The summed E-state index contributed by atoms with van der Waals surface area (Å²) >= 11 is 0. The van der Waals surface area contributed by atoms with Gasteiger partial charge >= 0.3 is 0 Å². The molecule has 1 saturated heterocycles. The number of nitrogens with one attached hydrogen (secondary N) is 1. The number of carbonyl (C=O) groups excluding carboxylic acids is 1. The number of hydrogen-bond acceptors (Lipinski definition) is 5. The molecule has 6 heteroatoms. The van der Waals surface area contributed by atoms with E-state index in [1.165, 1.54) is 0 Å². The third-order valence-electron chi connectivity index (χ3n) is 5.03. The number of benzene rings is 1. The fraction of sp³-hybridized carbons (Fsp3) is 0.273. The van der Waals surface area contributed by atoms with E-state index in [0.29, 0.717) is 13.1 Å². The lowest BCUT2D eigenvalue weighted by Gasteiger charge is -2.32. The molecule has 0 aliphatic carbocycles. The van der Waals surface area contributed by atoms with Gasteiger partial charge in [-0.15, -0.1) is 10.2 Å². The van der Waals surface area contributed by atoms with E-state index in [2.05, 4.69) is 25.4 Å². The van der Waals surface area contributed by atoms with Crippen LogP contribution in [0.1, 0.15) is 18.4 Å². The van der Waals surface area contributed by atoms with Crippen molar-refractivity contribution in [2.24, 2.45) is 5.92 Å². The molecule has 0 unspecified atom stereocenters. The minimum absolute atomic E-state index is 0.0407. The highest BCUT2D eigenvalue weighted by Gasteiger charge is 2.26. The number of nitrogens with zero attached hydrogens (tertiary/aromatic N) is 4. The third-order valence-corrected chi connectivity index (χ3v) is 5.03. The zero-order valence-electron chi connectivity index (χ0n) is 15.7. The average molecular weight is 373 g/mol. The maximum Gasteiger partial charge on any atom is 0.225 e. The first kappa shape index (κ1) is 18.1. The summed E-state index contributed by atoms with van der Waals surface area (Å²) in [5, 5.41) is 11.8. The topological polar surface area (TPSA) is 71.0 Å². The molecule has 0 spiro atoms. The van der Waals surface area contributed by atoms with Crippen molar-refractivity contribution < 1.29 is 4.79 Å². The number of amides is 1.